The molecule has 0 spiro atoms. The first-order chi connectivity index (χ1) is 18.2. The van der Waals surface area contributed by atoms with E-state index in [4.69, 9.17) is 28.0 Å². The van der Waals surface area contributed by atoms with Gasteiger partial charge in [-0.1, -0.05) is 45.9 Å². The van der Waals surface area contributed by atoms with Crippen molar-refractivity contribution in [2.45, 2.75) is 23.8 Å². The highest BCUT2D eigenvalue weighted by Crippen LogP contribution is 2.32. The van der Waals surface area contributed by atoms with Crippen molar-refractivity contribution < 1.29 is 22.8 Å². The SMILES string of the molecule is O=C(CNC(=O)c1ccc(S(=O)(=O)N(Oc2ccc(Cl)cc2Cl)c2ccccc2)cc1)NC1CCNCC1. The van der Waals surface area contributed by atoms with Crippen molar-refractivity contribution in [1.29, 1.82) is 0 Å². The molecule has 4 rings (SSSR count). The summed E-state index contributed by atoms with van der Waals surface area (Å²) in [5.41, 5.74) is 0.437. The van der Waals surface area contributed by atoms with E-state index in [1.54, 1.807) is 30.3 Å². The molecule has 1 saturated heterocycles. The van der Waals surface area contributed by atoms with Crippen LogP contribution in [0, 0.1) is 0 Å². The number of hydrogen-bond donors (Lipinski definition) is 3. The standard InChI is InChI=1S/C26H26Cl2N4O5S/c27-19-8-11-24(23(28)16-19)37-32(21-4-2-1-3-5-21)38(35,36)22-9-6-18(7-10-22)26(34)30-17-25(33)31-20-12-14-29-15-13-20/h1-11,16,20,29H,12-15,17H2,(H,30,34)(H,31,33). The minimum absolute atomic E-state index is 0.0854. The molecular formula is C26H26Cl2N4O5S. The van der Waals surface area contributed by atoms with Gasteiger partial charge in [-0.2, -0.15) is 8.42 Å². The highest BCUT2D eigenvalue weighted by molar-refractivity contribution is 7.92. The molecule has 3 aromatic rings. The summed E-state index contributed by atoms with van der Waals surface area (Å²) in [5, 5.41) is 9.18. The van der Waals surface area contributed by atoms with Gasteiger partial charge in [-0.3, -0.25) is 9.59 Å². The summed E-state index contributed by atoms with van der Waals surface area (Å²) < 4.78 is 27.9. The van der Waals surface area contributed by atoms with Gasteiger partial charge in [-0.05, 0) is 80.5 Å². The maximum absolute atomic E-state index is 13.6. The first kappa shape index (κ1) is 27.7. The summed E-state index contributed by atoms with van der Waals surface area (Å²) in [7, 11) is -4.25. The molecule has 0 bridgehead atoms. The number of anilines is 1. The highest BCUT2D eigenvalue weighted by Gasteiger charge is 2.28. The van der Waals surface area contributed by atoms with Gasteiger partial charge in [-0.25, -0.2) is 0 Å². The third-order valence-electron chi connectivity index (χ3n) is 5.79. The number of rotatable bonds is 9. The molecule has 2 amide bonds. The smallest absolute Gasteiger partial charge is 0.295 e. The van der Waals surface area contributed by atoms with E-state index in [0.717, 1.165) is 30.4 Å². The summed E-state index contributed by atoms with van der Waals surface area (Å²) >= 11 is 12.2. The van der Waals surface area contributed by atoms with Crippen molar-refractivity contribution in [1.82, 2.24) is 16.0 Å². The predicted molar refractivity (Wildman–Crippen MR) is 146 cm³/mol. The molecule has 0 aromatic heterocycles. The largest absolute Gasteiger partial charge is 0.363 e. The molecule has 9 nitrogen and oxygen atoms in total. The van der Waals surface area contributed by atoms with Crippen molar-refractivity contribution in [3.8, 4) is 5.75 Å². The van der Waals surface area contributed by atoms with E-state index in [1.807, 2.05) is 0 Å². The second kappa shape index (κ2) is 12.5. The van der Waals surface area contributed by atoms with Crippen LogP contribution in [0.1, 0.15) is 23.2 Å². The average molecular weight is 577 g/mol. The lowest BCUT2D eigenvalue weighted by molar-refractivity contribution is -0.121. The zero-order valence-corrected chi connectivity index (χ0v) is 22.5. The number of benzene rings is 3. The topological polar surface area (TPSA) is 117 Å². The van der Waals surface area contributed by atoms with E-state index >= 15 is 0 Å². The van der Waals surface area contributed by atoms with Gasteiger partial charge in [0.1, 0.15) is 0 Å². The Hall–Kier alpha value is -3.31. The molecule has 0 atom stereocenters. The molecule has 0 aliphatic carbocycles. The van der Waals surface area contributed by atoms with Crippen LogP contribution in [0.5, 0.6) is 5.75 Å². The van der Waals surface area contributed by atoms with Crippen molar-refractivity contribution in [2.24, 2.45) is 0 Å². The minimum Gasteiger partial charge on any atom is -0.363 e. The van der Waals surface area contributed by atoms with Crippen molar-refractivity contribution >= 4 is 50.7 Å². The Morgan fingerprint density at radius 1 is 0.974 bits per heavy atom. The van der Waals surface area contributed by atoms with Gasteiger partial charge in [0.25, 0.3) is 15.9 Å². The molecule has 3 N–H and O–H groups in total. The summed E-state index contributed by atoms with van der Waals surface area (Å²) in [4.78, 5) is 30.3. The van der Waals surface area contributed by atoms with E-state index < -0.39 is 15.9 Å². The summed E-state index contributed by atoms with van der Waals surface area (Å²) in [6, 6.07) is 18.0. The highest BCUT2D eigenvalue weighted by atomic mass is 35.5. The molecule has 0 radical (unpaired) electrons. The zero-order chi connectivity index (χ0) is 27.1. The molecule has 3 aromatic carbocycles. The van der Waals surface area contributed by atoms with Gasteiger partial charge in [0.05, 0.1) is 22.2 Å². The quantitative estimate of drug-likeness (QED) is 0.334. The molecule has 12 heteroatoms. The Kier molecular flexibility index (Phi) is 9.11. The summed E-state index contributed by atoms with van der Waals surface area (Å²) in [5.74, 6) is -0.693. The lowest BCUT2D eigenvalue weighted by Gasteiger charge is -2.24. The zero-order valence-electron chi connectivity index (χ0n) is 20.2. The van der Waals surface area contributed by atoms with Gasteiger partial charge >= 0.3 is 0 Å². The van der Waals surface area contributed by atoms with E-state index in [9.17, 15) is 18.0 Å². The number of para-hydroxylation sites is 1. The van der Waals surface area contributed by atoms with E-state index in [0.29, 0.717) is 5.02 Å². The summed E-state index contributed by atoms with van der Waals surface area (Å²) in [6.45, 7) is 1.50. The number of amides is 2. The fourth-order valence-corrected chi connectivity index (χ4v) is 5.50. The van der Waals surface area contributed by atoms with Crippen LogP contribution in [0.15, 0.2) is 77.7 Å². The fourth-order valence-electron chi connectivity index (χ4n) is 3.81. The second-order valence-corrected chi connectivity index (χ2v) is 11.1. The Labute approximate surface area is 231 Å². The Balaban J connectivity index is 1.47. The van der Waals surface area contributed by atoms with Gasteiger partial charge in [-0.15, -0.1) is 0 Å². The minimum atomic E-state index is -4.25. The molecule has 0 saturated carbocycles. The normalized spacial score (nSPS) is 13.9. The maximum atomic E-state index is 13.6. The Morgan fingerprint density at radius 3 is 2.32 bits per heavy atom. The van der Waals surface area contributed by atoms with E-state index in [2.05, 4.69) is 16.0 Å². The monoisotopic (exact) mass is 576 g/mol. The third-order valence-corrected chi connectivity index (χ3v) is 7.91. The van der Waals surface area contributed by atoms with Crippen LogP contribution in [-0.4, -0.2) is 45.9 Å². The van der Waals surface area contributed by atoms with Crippen LogP contribution in [0.3, 0.4) is 0 Å². The number of piperidine rings is 1. The second-order valence-electron chi connectivity index (χ2n) is 8.53. The molecule has 1 heterocycles. The lowest BCUT2D eigenvalue weighted by Crippen LogP contribution is -2.46. The van der Waals surface area contributed by atoms with Crippen LogP contribution >= 0.6 is 23.2 Å². The first-order valence-electron chi connectivity index (χ1n) is 11.9. The number of nitrogens with one attached hydrogen (secondary N) is 3. The van der Waals surface area contributed by atoms with Gasteiger partial charge in [0.2, 0.25) is 5.91 Å². The Morgan fingerprint density at radius 2 is 1.66 bits per heavy atom. The van der Waals surface area contributed by atoms with Crippen LogP contribution in [0.2, 0.25) is 10.0 Å². The first-order valence-corrected chi connectivity index (χ1v) is 14.1. The van der Waals surface area contributed by atoms with Crippen LogP contribution in [0.4, 0.5) is 5.69 Å². The van der Waals surface area contributed by atoms with E-state index in [-0.39, 0.29) is 45.4 Å². The number of nitrogens with zero attached hydrogens (tertiary/aromatic N) is 1. The molecule has 200 valence electrons. The lowest BCUT2D eigenvalue weighted by atomic mass is 10.1. The van der Waals surface area contributed by atoms with Crippen LogP contribution in [0.25, 0.3) is 0 Å². The van der Waals surface area contributed by atoms with Gasteiger partial charge < -0.3 is 20.8 Å². The van der Waals surface area contributed by atoms with Gasteiger partial charge in [0.15, 0.2) is 5.75 Å². The molecule has 0 unspecified atom stereocenters. The molecule has 1 aliphatic heterocycles. The van der Waals surface area contributed by atoms with Gasteiger partial charge in [0, 0.05) is 16.6 Å². The van der Waals surface area contributed by atoms with Crippen molar-refractivity contribution in [2.75, 3.05) is 24.1 Å². The number of hydrogen-bond acceptors (Lipinski definition) is 6. The Bertz CT molecular complexity index is 1380. The van der Waals surface area contributed by atoms with Crippen molar-refractivity contribution in [3.05, 3.63) is 88.4 Å². The van der Waals surface area contributed by atoms with Crippen molar-refractivity contribution in [3.63, 3.8) is 0 Å². The molecular weight excluding hydrogens is 551 g/mol. The predicted octanol–water partition coefficient (Wildman–Crippen LogP) is 3.78. The summed E-state index contributed by atoms with van der Waals surface area (Å²) in [6.07, 6.45) is 1.67. The average Bonchev–Trinajstić information content (AvgIpc) is 2.92. The molecule has 1 fully saturated rings. The number of carbonyl (C=O) groups excluding carboxylic acids is 2. The van der Waals surface area contributed by atoms with Crippen LogP contribution < -0.4 is 25.3 Å². The number of sulfonamides is 1. The maximum Gasteiger partial charge on any atom is 0.295 e. The molecule has 38 heavy (non-hydrogen) atoms. The van der Waals surface area contributed by atoms with Crippen LogP contribution in [-0.2, 0) is 14.8 Å². The fraction of sp³-hybridized carbons (Fsp3) is 0.231. The molecule has 1 aliphatic rings. The third kappa shape index (κ3) is 6.96. The van der Waals surface area contributed by atoms with E-state index in [1.165, 1.54) is 42.5 Å². The number of carbonyl (C=O) groups is 2. The number of halogens is 2.